The molecule has 0 aliphatic heterocycles. The van der Waals surface area contributed by atoms with E-state index in [0.717, 1.165) is 27.7 Å². The SMILES string of the molecule is Cc1nc2ccccc2c(C)c1CC(=O)NCC(C)(O)c1ccco1. The Morgan fingerprint density at radius 3 is 2.72 bits per heavy atom. The monoisotopic (exact) mass is 338 g/mol. The summed E-state index contributed by atoms with van der Waals surface area (Å²) < 4.78 is 5.22. The molecule has 3 aromatic rings. The number of carbonyl (C=O) groups is 1. The highest BCUT2D eigenvalue weighted by Gasteiger charge is 2.27. The fourth-order valence-corrected chi connectivity index (χ4v) is 3.00. The lowest BCUT2D eigenvalue weighted by atomic mass is 9.99. The molecule has 0 radical (unpaired) electrons. The summed E-state index contributed by atoms with van der Waals surface area (Å²) in [4.78, 5) is 17.0. The fourth-order valence-electron chi connectivity index (χ4n) is 3.00. The van der Waals surface area contributed by atoms with Gasteiger partial charge >= 0.3 is 0 Å². The number of para-hydroxylation sites is 1. The number of benzene rings is 1. The number of nitrogens with one attached hydrogen (secondary N) is 1. The van der Waals surface area contributed by atoms with Gasteiger partial charge < -0.3 is 14.8 Å². The molecule has 0 spiro atoms. The number of aliphatic hydroxyl groups is 1. The van der Waals surface area contributed by atoms with Crippen molar-refractivity contribution < 1.29 is 14.3 Å². The minimum Gasteiger partial charge on any atom is -0.466 e. The molecule has 1 unspecified atom stereocenters. The van der Waals surface area contributed by atoms with Crippen LogP contribution in [0.2, 0.25) is 0 Å². The van der Waals surface area contributed by atoms with Gasteiger partial charge in [0.15, 0.2) is 0 Å². The van der Waals surface area contributed by atoms with Crippen LogP contribution < -0.4 is 5.32 Å². The summed E-state index contributed by atoms with van der Waals surface area (Å²) in [6.07, 6.45) is 1.73. The van der Waals surface area contributed by atoms with E-state index in [1.807, 2.05) is 38.1 Å². The van der Waals surface area contributed by atoms with Crippen LogP contribution in [0, 0.1) is 13.8 Å². The van der Waals surface area contributed by atoms with E-state index in [1.165, 1.54) is 6.26 Å². The molecule has 130 valence electrons. The topological polar surface area (TPSA) is 75.4 Å². The molecule has 2 N–H and O–H groups in total. The summed E-state index contributed by atoms with van der Waals surface area (Å²) in [7, 11) is 0. The third-order valence-electron chi connectivity index (χ3n) is 4.50. The predicted molar refractivity (Wildman–Crippen MR) is 96.2 cm³/mol. The van der Waals surface area contributed by atoms with Crippen molar-refractivity contribution >= 4 is 16.8 Å². The minimum atomic E-state index is -1.25. The van der Waals surface area contributed by atoms with Gasteiger partial charge in [-0.3, -0.25) is 9.78 Å². The van der Waals surface area contributed by atoms with E-state index >= 15 is 0 Å². The molecule has 0 aliphatic rings. The molecule has 3 rings (SSSR count). The van der Waals surface area contributed by atoms with Crippen molar-refractivity contribution in [2.24, 2.45) is 0 Å². The third kappa shape index (κ3) is 3.56. The van der Waals surface area contributed by atoms with Crippen molar-refractivity contribution in [1.29, 1.82) is 0 Å². The molecule has 1 atom stereocenters. The molecule has 5 heteroatoms. The summed E-state index contributed by atoms with van der Waals surface area (Å²) in [5.74, 6) is 0.266. The van der Waals surface area contributed by atoms with Crippen LogP contribution in [0.4, 0.5) is 0 Å². The molecular formula is C20H22N2O3. The standard InChI is InChI=1S/C20H22N2O3/c1-13-15-7-4-5-8-17(15)22-14(2)16(13)11-19(23)21-12-20(3,24)18-9-6-10-25-18/h4-10,24H,11-12H2,1-3H3,(H,21,23). The van der Waals surface area contributed by atoms with Crippen LogP contribution in [0.15, 0.2) is 47.1 Å². The lowest BCUT2D eigenvalue weighted by Gasteiger charge is -2.21. The van der Waals surface area contributed by atoms with Crippen LogP contribution in [0.1, 0.15) is 29.5 Å². The Bertz CT molecular complexity index is 899. The molecule has 0 fully saturated rings. The molecule has 0 saturated heterocycles. The molecule has 0 bridgehead atoms. The van der Waals surface area contributed by atoms with Gasteiger partial charge in [-0.25, -0.2) is 0 Å². The maximum atomic E-state index is 12.4. The van der Waals surface area contributed by atoms with Crippen LogP contribution in [-0.4, -0.2) is 22.5 Å². The number of rotatable bonds is 5. The average molecular weight is 338 g/mol. The van der Waals surface area contributed by atoms with Crippen molar-refractivity contribution in [3.8, 4) is 0 Å². The highest BCUT2D eigenvalue weighted by molar-refractivity contribution is 5.86. The Labute approximate surface area is 146 Å². The smallest absolute Gasteiger partial charge is 0.224 e. The summed E-state index contributed by atoms with van der Waals surface area (Å²) in [6.45, 7) is 5.62. The minimum absolute atomic E-state index is 0.0818. The molecular weight excluding hydrogens is 316 g/mol. The molecule has 2 heterocycles. The third-order valence-corrected chi connectivity index (χ3v) is 4.50. The van der Waals surface area contributed by atoms with Crippen molar-refractivity contribution in [3.63, 3.8) is 0 Å². The van der Waals surface area contributed by atoms with Gasteiger partial charge in [-0.15, -0.1) is 0 Å². The Balaban J connectivity index is 1.74. The maximum absolute atomic E-state index is 12.4. The molecule has 0 aliphatic carbocycles. The van der Waals surface area contributed by atoms with E-state index in [-0.39, 0.29) is 18.9 Å². The average Bonchev–Trinajstić information content (AvgIpc) is 3.12. The summed E-state index contributed by atoms with van der Waals surface area (Å²) in [5, 5.41) is 14.3. The van der Waals surface area contributed by atoms with E-state index in [1.54, 1.807) is 19.1 Å². The number of amides is 1. The lowest BCUT2D eigenvalue weighted by Crippen LogP contribution is -2.39. The van der Waals surface area contributed by atoms with Gasteiger partial charge in [0.05, 0.1) is 24.7 Å². The first-order valence-electron chi connectivity index (χ1n) is 8.26. The number of fused-ring (bicyclic) bond motifs is 1. The second-order valence-corrected chi connectivity index (χ2v) is 6.52. The van der Waals surface area contributed by atoms with Gasteiger partial charge in [0.25, 0.3) is 0 Å². The van der Waals surface area contributed by atoms with Gasteiger partial charge in [-0.2, -0.15) is 0 Å². The molecule has 2 aromatic heterocycles. The predicted octanol–water partition coefficient (Wildman–Crippen LogP) is 3.01. The van der Waals surface area contributed by atoms with Gasteiger partial charge in [0.2, 0.25) is 5.91 Å². The zero-order valence-corrected chi connectivity index (χ0v) is 14.7. The number of aryl methyl sites for hydroxylation is 2. The lowest BCUT2D eigenvalue weighted by molar-refractivity contribution is -0.121. The molecule has 25 heavy (non-hydrogen) atoms. The maximum Gasteiger partial charge on any atom is 0.224 e. The van der Waals surface area contributed by atoms with E-state index < -0.39 is 5.60 Å². The van der Waals surface area contributed by atoms with E-state index in [4.69, 9.17) is 4.42 Å². The van der Waals surface area contributed by atoms with E-state index in [0.29, 0.717) is 5.76 Å². The van der Waals surface area contributed by atoms with Gasteiger partial charge in [0, 0.05) is 11.1 Å². The normalized spacial score (nSPS) is 13.6. The zero-order valence-electron chi connectivity index (χ0n) is 14.7. The zero-order chi connectivity index (χ0) is 18.0. The van der Waals surface area contributed by atoms with Crippen LogP contribution >= 0.6 is 0 Å². The Morgan fingerprint density at radius 1 is 1.24 bits per heavy atom. The second kappa shape index (κ2) is 6.69. The quantitative estimate of drug-likeness (QED) is 0.750. The molecule has 1 aromatic carbocycles. The van der Waals surface area contributed by atoms with Crippen molar-refractivity contribution in [1.82, 2.24) is 10.3 Å². The number of carbonyl (C=O) groups excluding carboxylic acids is 1. The first-order valence-corrected chi connectivity index (χ1v) is 8.26. The van der Waals surface area contributed by atoms with Crippen LogP contribution in [0.25, 0.3) is 10.9 Å². The molecule has 0 saturated carbocycles. The Kier molecular flexibility index (Phi) is 4.59. The van der Waals surface area contributed by atoms with Gasteiger partial charge in [-0.1, -0.05) is 18.2 Å². The van der Waals surface area contributed by atoms with Crippen LogP contribution in [0.3, 0.4) is 0 Å². The van der Waals surface area contributed by atoms with Crippen molar-refractivity contribution in [3.05, 3.63) is 65.2 Å². The van der Waals surface area contributed by atoms with Crippen LogP contribution in [0.5, 0.6) is 0 Å². The first-order chi connectivity index (χ1) is 11.9. The van der Waals surface area contributed by atoms with Crippen molar-refractivity contribution in [2.45, 2.75) is 32.8 Å². The fraction of sp³-hybridized carbons (Fsp3) is 0.300. The molecule has 1 amide bonds. The Hall–Kier alpha value is -2.66. The number of aromatic nitrogens is 1. The number of furan rings is 1. The van der Waals surface area contributed by atoms with Gasteiger partial charge in [0.1, 0.15) is 11.4 Å². The highest BCUT2D eigenvalue weighted by Crippen LogP contribution is 2.23. The van der Waals surface area contributed by atoms with E-state index in [9.17, 15) is 9.90 Å². The largest absolute Gasteiger partial charge is 0.466 e. The summed E-state index contributed by atoms with van der Waals surface area (Å²) in [6, 6.07) is 11.3. The number of nitrogens with zero attached hydrogens (tertiary/aromatic N) is 1. The Morgan fingerprint density at radius 2 is 2.00 bits per heavy atom. The van der Waals surface area contributed by atoms with Crippen LogP contribution in [-0.2, 0) is 16.8 Å². The number of pyridine rings is 1. The molecule has 5 nitrogen and oxygen atoms in total. The summed E-state index contributed by atoms with van der Waals surface area (Å²) in [5.41, 5.74) is 2.53. The van der Waals surface area contributed by atoms with E-state index in [2.05, 4.69) is 10.3 Å². The van der Waals surface area contributed by atoms with Crippen molar-refractivity contribution in [2.75, 3.05) is 6.54 Å². The summed E-state index contributed by atoms with van der Waals surface area (Å²) >= 11 is 0. The highest BCUT2D eigenvalue weighted by atomic mass is 16.4. The number of hydrogen-bond acceptors (Lipinski definition) is 4. The second-order valence-electron chi connectivity index (χ2n) is 6.52. The first kappa shape index (κ1) is 17.2. The van der Waals surface area contributed by atoms with Gasteiger partial charge in [-0.05, 0) is 50.1 Å². The number of hydrogen-bond donors (Lipinski definition) is 2.